The molecule has 1 aromatic carbocycles. The summed E-state index contributed by atoms with van der Waals surface area (Å²) in [6.07, 6.45) is 1.54. The Bertz CT molecular complexity index is 498. The van der Waals surface area contributed by atoms with Gasteiger partial charge in [0.1, 0.15) is 5.82 Å². The smallest absolute Gasteiger partial charge is 0.223 e. The first-order valence-electron chi connectivity index (χ1n) is 4.08. The molecule has 2 nitrogen and oxygen atoms in total. The third kappa shape index (κ3) is 2.06. The zero-order chi connectivity index (χ0) is 10.8. The normalized spacial score (nSPS) is 10.3. The number of rotatable bonds is 2. The molecule has 0 N–H and O–H groups in total. The number of aromatic nitrogens is 1. The number of benzene rings is 1. The second kappa shape index (κ2) is 4.08. The van der Waals surface area contributed by atoms with Gasteiger partial charge in [-0.3, -0.25) is 4.79 Å². The minimum atomic E-state index is -0.462. The van der Waals surface area contributed by atoms with Gasteiger partial charge in [-0.15, -0.1) is 11.3 Å². The van der Waals surface area contributed by atoms with E-state index in [0.717, 1.165) is 6.07 Å². The van der Waals surface area contributed by atoms with E-state index in [-0.39, 0.29) is 16.4 Å². The average molecular weight is 242 g/mol. The Morgan fingerprint density at radius 3 is 2.87 bits per heavy atom. The second-order valence-corrected chi connectivity index (χ2v) is 4.09. The topological polar surface area (TPSA) is 30.0 Å². The maximum atomic E-state index is 12.7. The van der Waals surface area contributed by atoms with Gasteiger partial charge >= 0.3 is 0 Å². The lowest BCUT2D eigenvalue weighted by Crippen LogP contribution is -2.01. The van der Waals surface area contributed by atoms with Crippen LogP contribution < -0.4 is 0 Å². The Kier molecular flexibility index (Phi) is 2.79. The van der Waals surface area contributed by atoms with E-state index >= 15 is 0 Å². The van der Waals surface area contributed by atoms with E-state index in [2.05, 4.69) is 4.98 Å². The molecule has 0 spiro atoms. The molecule has 2 aromatic rings. The summed E-state index contributed by atoms with van der Waals surface area (Å²) in [5, 5.41) is 2.16. The van der Waals surface area contributed by atoms with Gasteiger partial charge in [-0.2, -0.15) is 0 Å². The van der Waals surface area contributed by atoms with E-state index in [4.69, 9.17) is 11.6 Å². The summed E-state index contributed by atoms with van der Waals surface area (Å²) < 4.78 is 12.7. The largest absolute Gasteiger partial charge is 0.286 e. The lowest BCUT2D eigenvalue weighted by Gasteiger charge is -2.00. The van der Waals surface area contributed by atoms with Crippen molar-refractivity contribution in [1.82, 2.24) is 4.98 Å². The van der Waals surface area contributed by atoms with Gasteiger partial charge in [0.25, 0.3) is 0 Å². The molecule has 0 fully saturated rings. The van der Waals surface area contributed by atoms with Gasteiger partial charge in [0.2, 0.25) is 5.78 Å². The molecule has 15 heavy (non-hydrogen) atoms. The Hall–Kier alpha value is -1.26. The van der Waals surface area contributed by atoms with Crippen molar-refractivity contribution in [1.29, 1.82) is 0 Å². The SMILES string of the molecule is O=C(c1nccs1)c1ccc(F)cc1Cl. The third-order valence-corrected chi connectivity index (χ3v) is 2.89. The number of thiazole rings is 1. The van der Waals surface area contributed by atoms with Crippen LogP contribution in [-0.2, 0) is 0 Å². The van der Waals surface area contributed by atoms with Gasteiger partial charge in [-0.1, -0.05) is 11.6 Å². The van der Waals surface area contributed by atoms with Crippen LogP contribution in [0.1, 0.15) is 15.4 Å². The lowest BCUT2D eigenvalue weighted by molar-refractivity contribution is 0.103. The van der Waals surface area contributed by atoms with Crippen molar-refractivity contribution in [2.75, 3.05) is 0 Å². The van der Waals surface area contributed by atoms with E-state index in [1.54, 1.807) is 5.38 Å². The van der Waals surface area contributed by atoms with Crippen molar-refractivity contribution in [3.05, 3.63) is 51.2 Å². The van der Waals surface area contributed by atoms with Crippen molar-refractivity contribution < 1.29 is 9.18 Å². The fourth-order valence-corrected chi connectivity index (χ4v) is 1.97. The van der Waals surface area contributed by atoms with Crippen molar-refractivity contribution >= 4 is 28.7 Å². The van der Waals surface area contributed by atoms with Crippen LogP contribution in [0.5, 0.6) is 0 Å². The van der Waals surface area contributed by atoms with Crippen LogP contribution in [0, 0.1) is 5.82 Å². The van der Waals surface area contributed by atoms with Crippen LogP contribution in [0.15, 0.2) is 29.8 Å². The molecule has 2 rings (SSSR count). The van der Waals surface area contributed by atoms with E-state index < -0.39 is 5.82 Å². The predicted octanol–water partition coefficient (Wildman–Crippen LogP) is 3.17. The standard InChI is InChI=1S/C10H5ClFNOS/c11-8-5-6(12)1-2-7(8)9(14)10-13-3-4-15-10/h1-5H. The first-order valence-corrected chi connectivity index (χ1v) is 5.33. The Labute approximate surface area is 94.3 Å². The van der Waals surface area contributed by atoms with Gasteiger partial charge in [0.15, 0.2) is 5.01 Å². The highest BCUT2D eigenvalue weighted by atomic mass is 35.5. The Balaban J connectivity index is 2.42. The lowest BCUT2D eigenvalue weighted by atomic mass is 10.1. The van der Waals surface area contributed by atoms with E-state index in [9.17, 15) is 9.18 Å². The summed E-state index contributed by atoms with van der Waals surface area (Å²) in [5.74, 6) is -0.745. The zero-order valence-corrected chi connectivity index (χ0v) is 8.98. The summed E-state index contributed by atoms with van der Waals surface area (Å²) in [6, 6.07) is 3.68. The minimum absolute atomic E-state index is 0.107. The molecule has 0 aliphatic carbocycles. The zero-order valence-electron chi connectivity index (χ0n) is 7.41. The number of carbonyl (C=O) groups excluding carboxylic acids is 1. The van der Waals surface area contributed by atoms with E-state index in [1.165, 1.54) is 29.7 Å². The number of hydrogen-bond acceptors (Lipinski definition) is 3. The molecule has 0 saturated heterocycles. The molecule has 76 valence electrons. The quantitative estimate of drug-likeness (QED) is 0.756. The number of ketones is 1. The summed E-state index contributed by atoms with van der Waals surface area (Å²) in [6.45, 7) is 0. The Morgan fingerprint density at radius 1 is 1.47 bits per heavy atom. The predicted molar refractivity (Wildman–Crippen MR) is 57.0 cm³/mol. The molecule has 0 atom stereocenters. The van der Waals surface area contributed by atoms with Crippen LogP contribution in [0.2, 0.25) is 5.02 Å². The molecular formula is C10H5ClFNOS. The van der Waals surface area contributed by atoms with Crippen LogP contribution in [0.3, 0.4) is 0 Å². The molecule has 0 aliphatic heterocycles. The van der Waals surface area contributed by atoms with Crippen LogP contribution in [0.4, 0.5) is 4.39 Å². The van der Waals surface area contributed by atoms with Gasteiger partial charge < -0.3 is 0 Å². The fraction of sp³-hybridized carbons (Fsp3) is 0. The van der Waals surface area contributed by atoms with Crippen LogP contribution in [-0.4, -0.2) is 10.8 Å². The number of nitrogens with zero attached hydrogens (tertiary/aromatic N) is 1. The molecule has 0 bridgehead atoms. The molecule has 0 saturated carbocycles. The number of carbonyl (C=O) groups is 1. The van der Waals surface area contributed by atoms with Gasteiger partial charge in [-0.25, -0.2) is 9.37 Å². The summed E-state index contributed by atoms with van der Waals surface area (Å²) in [5.41, 5.74) is 0.271. The highest BCUT2D eigenvalue weighted by Gasteiger charge is 2.15. The highest BCUT2D eigenvalue weighted by Crippen LogP contribution is 2.21. The fourth-order valence-electron chi connectivity index (χ4n) is 1.12. The van der Waals surface area contributed by atoms with Crippen molar-refractivity contribution in [3.8, 4) is 0 Å². The van der Waals surface area contributed by atoms with E-state index in [1.807, 2.05) is 0 Å². The van der Waals surface area contributed by atoms with Crippen molar-refractivity contribution in [3.63, 3.8) is 0 Å². The minimum Gasteiger partial charge on any atom is -0.286 e. The van der Waals surface area contributed by atoms with Crippen LogP contribution in [0.25, 0.3) is 0 Å². The van der Waals surface area contributed by atoms with Gasteiger partial charge in [-0.05, 0) is 18.2 Å². The summed E-state index contributed by atoms with van der Waals surface area (Å²) in [7, 11) is 0. The van der Waals surface area contributed by atoms with E-state index in [0.29, 0.717) is 5.01 Å². The van der Waals surface area contributed by atoms with Crippen molar-refractivity contribution in [2.45, 2.75) is 0 Å². The molecule has 1 aromatic heterocycles. The molecule has 0 amide bonds. The molecule has 1 heterocycles. The second-order valence-electron chi connectivity index (χ2n) is 2.79. The Morgan fingerprint density at radius 2 is 2.27 bits per heavy atom. The van der Waals surface area contributed by atoms with Crippen molar-refractivity contribution in [2.24, 2.45) is 0 Å². The van der Waals surface area contributed by atoms with Crippen LogP contribution >= 0.6 is 22.9 Å². The summed E-state index contributed by atoms with van der Waals surface area (Å²) in [4.78, 5) is 15.7. The monoisotopic (exact) mass is 241 g/mol. The first-order chi connectivity index (χ1) is 7.18. The average Bonchev–Trinajstić information content (AvgIpc) is 2.69. The third-order valence-electron chi connectivity index (χ3n) is 1.80. The van der Waals surface area contributed by atoms with Gasteiger partial charge in [0, 0.05) is 17.1 Å². The number of hydrogen-bond donors (Lipinski definition) is 0. The molecule has 0 radical (unpaired) electrons. The molecular weight excluding hydrogens is 237 g/mol. The highest BCUT2D eigenvalue weighted by molar-refractivity contribution is 7.11. The number of halogens is 2. The molecule has 0 aliphatic rings. The maximum Gasteiger partial charge on any atom is 0.223 e. The molecule has 5 heteroatoms. The van der Waals surface area contributed by atoms with Gasteiger partial charge in [0.05, 0.1) is 5.02 Å². The molecule has 0 unspecified atom stereocenters. The maximum absolute atomic E-state index is 12.7. The summed E-state index contributed by atoms with van der Waals surface area (Å²) >= 11 is 6.98. The first kappa shape index (κ1) is 10.3.